The monoisotopic (exact) mass is 282 g/mol. The molecule has 0 radical (unpaired) electrons. The van der Waals surface area contributed by atoms with E-state index in [4.69, 9.17) is 5.26 Å². The fourth-order valence-electron chi connectivity index (χ4n) is 2.49. The van der Waals surface area contributed by atoms with Gasteiger partial charge in [-0.1, -0.05) is 19.1 Å². The highest BCUT2D eigenvalue weighted by Gasteiger charge is 2.16. The van der Waals surface area contributed by atoms with E-state index in [0.29, 0.717) is 11.6 Å². The molecule has 2 rings (SSSR count). The molecular weight excluding hydrogens is 260 g/mol. The van der Waals surface area contributed by atoms with Crippen molar-refractivity contribution in [2.45, 2.75) is 33.4 Å². The molecule has 1 unspecified atom stereocenters. The summed E-state index contributed by atoms with van der Waals surface area (Å²) >= 11 is 0. The molecule has 4 heteroatoms. The number of benzene rings is 1. The molecule has 1 aromatic carbocycles. The van der Waals surface area contributed by atoms with Gasteiger partial charge in [0, 0.05) is 30.9 Å². The highest BCUT2D eigenvalue weighted by molar-refractivity contribution is 5.32. The maximum Gasteiger partial charge on any atom is 0.0991 e. The molecule has 0 bridgehead atoms. The van der Waals surface area contributed by atoms with Gasteiger partial charge in [0.15, 0.2) is 0 Å². The van der Waals surface area contributed by atoms with E-state index in [1.165, 1.54) is 16.8 Å². The molecule has 2 aromatic rings. The summed E-state index contributed by atoms with van der Waals surface area (Å²) in [5.41, 5.74) is 4.41. The number of nitriles is 1. The van der Waals surface area contributed by atoms with Gasteiger partial charge < -0.3 is 0 Å². The van der Waals surface area contributed by atoms with Gasteiger partial charge >= 0.3 is 0 Å². The fraction of sp³-hybridized carbons (Fsp3) is 0.412. The predicted molar refractivity (Wildman–Crippen MR) is 83.6 cm³/mol. The minimum absolute atomic E-state index is 0.308. The summed E-state index contributed by atoms with van der Waals surface area (Å²) in [6, 6.07) is 10.3. The van der Waals surface area contributed by atoms with Crippen LogP contribution in [0, 0.1) is 18.3 Å². The second-order valence-electron chi connectivity index (χ2n) is 5.35. The van der Waals surface area contributed by atoms with Gasteiger partial charge in [0.05, 0.1) is 17.8 Å². The van der Waals surface area contributed by atoms with Crippen LogP contribution in [-0.4, -0.2) is 21.2 Å². The maximum atomic E-state index is 8.88. The minimum Gasteiger partial charge on any atom is -0.293 e. The first-order valence-corrected chi connectivity index (χ1v) is 7.28. The Morgan fingerprint density at radius 1 is 1.33 bits per heavy atom. The van der Waals surface area contributed by atoms with Crippen molar-refractivity contribution < 1.29 is 0 Å². The van der Waals surface area contributed by atoms with Gasteiger partial charge in [-0.2, -0.15) is 10.4 Å². The molecule has 0 aliphatic heterocycles. The average molecular weight is 282 g/mol. The lowest BCUT2D eigenvalue weighted by molar-refractivity contribution is 0.212. The second-order valence-corrected chi connectivity index (χ2v) is 5.35. The number of rotatable bonds is 5. The predicted octanol–water partition coefficient (Wildman–Crippen LogP) is 3.18. The molecule has 0 amide bonds. The molecule has 4 nitrogen and oxygen atoms in total. The van der Waals surface area contributed by atoms with Crippen LogP contribution in [0.25, 0.3) is 0 Å². The zero-order valence-electron chi connectivity index (χ0n) is 13.2. The average Bonchev–Trinajstić information content (AvgIpc) is 2.83. The zero-order valence-corrected chi connectivity index (χ0v) is 13.2. The Balaban J connectivity index is 2.16. The van der Waals surface area contributed by atoms with Gasteiger partial charge in [-0.25, -0.2) is 0 Å². The third kappa shape index (κ3) is 3.32. The molecule has 0 fully saturated rings. The smallest absolute Gasteiger partial charge is 0.0991 e. The molecule has 21 heavy (non-hydrogen) atoms. The van der Waals surface area contributed by atoms with Crippen molar-refractivity contribution in [2.24, 2.45) is 7.05 Å². The van der Waals surface area contributed by atoms with Crippen LogP contribution in [0.5, 0.6) is 0 Å². The van der Waals surface area contributed by atoms with Crippen molar-refractivity contribution in [3.05, 3.63) is 52.8 Å². The topological polar surface area (TPSA) is 44.9 Å². The highest BCUT2D eigenvalue weighted by atomic mass is 15.3. The number of hydrogen-bond donors (Lipinski definition) is 0. The van der Waals surface area contributed by atoms with Crippen molar-refractivity contribution in [1.82, 2.24) is 14.7 Å². The van der Waals surface area contributed by atoms with E-state index >= 15 is 0 Å². The van der Waals surface area contributed by atoms with Crippen molar-refractivity contribution in [3.63, 3.8) is 0 Å². The van der Waals surface area contributed by atoms with E-state index in [0.717, 1.165) is 13.1 Å². The Labute approximate surface area is 126 Å². The molecule has 0 aliphatic rings. The zero-order chi connectivity index (χ0) is 15.4. The summed E-state index contributed by atoms with van der Waals surface area (Å²) in [5, 5.41) is 13.2. The van der Waals surface area contributed by atoms with Gasteiger partial charge in [-0.3, -0.25) is 9.58 Å². The van der Waals surface area contributed by atoms with Crippen molar-refractivity contribution in [2.75, 3.05) is 6.54 Å². The van der Waals surface area contributed by atoms with Crippen molar-refractivity contribution >= 4 is 0 Å². The van der Waals surface area contributed by atoms with Crippen LogP contribution in [0.15, 0.2) is 30.5 Å². The third-order valence-electron chi connectivity index (χ3n) is 4.19. The van der Waals surface area contributed by atoms with E-state index in [1.807, 2.05) is 42.2 Å². The summed E-state index contributed by atoms with van der Waals surface area (Å²) in [5.74, 6) is 0. The minimum atomic E-state index is 0.308. The summed E-state index contributed by atoms with van der Waals surface area (Å²) in [6.07, 6.45) is 1.95. The lowest BCUT2D eigenvalue weighted by Gasteiger charge is -2.28. The molecule has 0 N–H and O–H groups in total. The molecule has 110 valence electrons. The van der Waals surface area contributed by atoms with Crippen LogP contribution in [-0.2, 0) is 13.6 Å². The Kier molecular flexibility index (Phi) is 4.77. The highest BCUT2D eigenvalue weighted by Crippen LogP contribution is 2.23. The lowest BCUT2D eigenvalue weighted by atomic mass is 10.0. The van der Waals surface area contributed by atoms with Crippen LogP contribution in [0.4, 0.5) is 0 Å². The first-order chi connectivity index (χ1) is 10.1. The Bertz CT molecular complexity index is 634. The standard InChI is InChI=1S/C17H22N4/c1-5-21(12-17-11-19-20(4)13(17)2)14(3)16-8-6-15(10-18)7-9-16/h6-9,11,14H,5,12H2,1-4H3. The number of aryl methyl sites for hydroxylation is 1. The van der Waals surface area contributed by atoms with Crippen LogP contribution >= 0.6 is 0 Å². The summed E-state index contributed by atoms with van der Waals surface area (Å²) in [6.45, 7) is 8.33. The van der Waals surface area contributed by atoms with E-state index in [1.54, 1.807) is 0 Å². The van der Waals surface area contributed by atoms with Crippen molar-refractivity contribution in [3.8, 4) is 6.07 Å². The van der Waals surface area contributed by atoms with E-state index in [-0.39, 0.29) is 0 Å². The first kappa shape index (κ1) is 15.3. The van der Waals surface area contributed by atoms with E-state index in [2.05, 4.69) is 36.8 Å². The van der Waals surface area contributed by atoms with Gasteiger partial charge in [0.25, 0.3) is 0 Å². The lowest BCUT2D eigenvalue weighted by Crippen LogP contribution is -2.26. The van der Waals surface area contributed by atoms with Crippen LogP contribution < -0.4 is 0 Å². The van der Waals surface area contributed by atoms with Crippen molar-refractivity contribution in [1.29, 1.82) is 5.26 Å². The number of aromatic nitrogens is 2. The van der Waals surface area contributed by atoms with Gasteiger partial charge in [0.1, 0.15) is 0 Å². The SMILES string of the molecule is CCN(Cc1cnn(C)c1C)C(C)c1ccc(C#N)cc1. The van der Waals surface area contributed by atoms with Crippen LogP contribution in [0.1, 0.15) is 42.3 Å². The molecule has 1 aromatic heterocycles. The Morgan fingerprint density at radius 3 is 2.48 bits per heavy atom. The van der Waals surface area contributed by atoms with Gasteiger partial charge in [0.2, 0.25) is 0 Å². The van der Waals surface area contributed by atoms with Gasteiger partial charge in [-0.05, 0) is 38.1 Å². The quantitative estimate of drug-likeness (QED) is 0.846. The summed E-state index contributed by atoms with van der Waals surface area (Å²) in [4.78, 5) is 2.41. The van der Waals surface area contributed by atoms with E-state index in [9.17, 15) is 0 Å². The molecule has 0 spiro atoms. The summed E-state index contributed by atoms with van der Waals surface area (Å²) in [7, 11) is 1.97. The van der Waals surface area contributed by atoms with E-state index < -0.39 is 0 Å². The number of nitrogens with zero attached hydrogens (tertiary/aromatic N) is 4. The molecule has 0 aliphatic carbocycles. The van der Waals surface area contributed by atoms with Crippen LogP contribution in [0.3, 0.4) is 0 Å². The Morgan fingerprint density at radius 2 is 2.00 bits per heavy atom. The molecule has 1 heterocycles. The molecule has 0 saturated heterocycles. The molecule has 0 saturated carbocycles. The largest absolute Gasteiger partial charge is 0.293 e. The third-order valence-corrected chi connectivity index (χ3v) is 4.19. The van der Waals surface area contributed by atoms with Gasteiger partial charge in [-0.15, -0.1) is 0 Å². The Hall–Kier alpha value is -2.12. The molecule has 1 atom stereocenters. The van der Waals surface area contributed by atoms with Crippen LogP contribution in [0.2, 0.25) is 0 Å². The number of hydrogen-bond acceptors (Lipinski definition) is 3. The molecular formula is C17H22N4. The second kappa shape index (κ2) is 6.55. The first-order valence-electron chi connectivity index (χ1n) is 7.28. The fourth-order valence-corrected chi connectivity index (χ4v) is 2.49. The normalized spacial score (nSPS) is 12.4. The summed E-state index contributed by atoms with van der Waals surface area (Å²) < 4.78 is 1.91. The maximum absolute atomic E-state index is 8.88.